The highest BCUT2D eigenvalue weighted by atomic mass is 16.5. The van der Waals surface area contributed by atoms with Crippen LogP contribution < -0.4 is 14.2 Å². The molecule has 1 aromatic heterocycles. The Balaban J connectivity index is 1.67. The first-order chi connectivity index (χ1) is 14.5. The van der Waals surface area contributed by atoms with E-state index in [1.54, 1.807) is 63.7 Å². The molecule has 0 aliphatic carbocycles. The van der Waals surface area contributed by atoms with Gasteiger partial charge >= 0.3 is 0 Å². The number of benzene rings is 2. The zero-order chi connectivity index (χ0) is 21.5. The standard InChI is InChI=1S/C22H25N3O5/c1-5-12-29-17-9-6-15(7-10-17)22(26)25(2)14-20-23-24-21(30-20)16-8-11-18(27-3)19(13-16)28-4/h6-11,13H,5,12,14H2,1-4H3. The summed E-state index contributed by atoms with van der Waals surface area (Å²) in [5, 5.41) is 8.13. The van der Waals surface area contributed by atoms with Crippen molar-refractivity contribution in [1.82, 2.24) is 15.1 Å². The van der Waals surface area contributed by atoms with Crippen LogP contribution in [0.2, 0.25) is 0 Å². The first-order valence-electron chi connectivity index (χ1n) is 9.58. The predicted molar refractivity (Wildman–Crippen MR) is 111 cm³/mol. The molecule has 3 rings (SSSR count). The highest BCUT2D eigenvalue weighted by Gasteiger charge is 2.17. The van der Waals surface area contributed by atoms with E-state index in [4.69, 9.17) is 18.6 Å². The van der Waals surface area contributed by atoms with E-state index in [0.717, 1.165) is 12.2 Å². The lowest BCUT2D eigenvalue weighted by molar-refractivity contribution is 0.0773. The molecule has 30 heavy (non-hydrogen) atoms. The van der Waals surface area contributed by atoms with Gasteiger partial charge < -0.3 is 23.5 Å². The van der Waals surface area contributed by atoms with Crippen LogP contribution in [-0.4, -0.2) is 48.9 Å². The Labute approximate surface area is 175 Å². The summed E-state index contributed by atoms with van der Waals surface area (Å²) in [6.07, 6.45) is 0.929. The summed E-state index contributed by atoms with van der Waals surface area (Å²) < 4.78 is 21.8. The number of carbonyl (C=O) groups excluding carboxylic acids is 1. The van der Waals surface area contributed by atoms with Gasteiger partial charge in [-0.3, -0.25) is 4.79 Å². The molecule has 2 aromatic carbocycles. The Bertz CT molecular complexity index is 985. The highest BCUT2D eigenvalue weighted by Crippen LogP contribution is 2.31. The van der Waals surface area contributed by atoms with Crippen LogP contribution in [0.4, 0.5) is 0 Å². The summed E-state index contributed by atoms with van der Waals surface area (Å²) in [5.41, 5.74) is 1.25. The van der Waals surface area contributed by atoms with Crippen molar-refractivity contribution in [3.05, 3.63) is 53.9 Å². The lowest BCUT2D eigenvalue weighted by Crippen LogP contribution is -2.26. The second kappa shape index (κ2) is 9.78. The van der Waals surface area contributed by atoms with Crippen LogP contribution in [0.5, 0.6) is 17.2 Å². The molecule has 0 bridgehead atoms. The minimum absolute atomic E-state index is 0.150. The van der Waals surface area contributed by atoms with Crippen LogP contribution in [0.3, 0.4) is 0 Å². The molecule has 0 spiro atoms. The summed E-state index contributed by atoms with van der Waals surface area (Å²) in [4.78, 5) is 14.2. The predicted octanol–water partition coefficient (Wildman–Crippen LogP) is 3.81. The Morgan fingerprint density at radius 3 is 2.43 bits per heavy atom. The number of amides is 1. The van der Waals surface area contributed by atoms with Gasteiger partial charge in [-0.15, -0.1) is 10.2 Å². The summed E-state index contributed by atoms with van der Waals surface area (Å²) in [5.74, 6) is 2.43. The van der Waals surface area contributed by atoms with Gasteiger partial charge in [-0.2, -0.15) is 0 Å². The number of aromatic nitrogens is 2. The molecule has 158 valence electrons. The molecule has 0 aliphatic rings. The number of hydrogen-bond acceptors (Lipinski definition) is 7. The third kappa shape index (κ3) is 4.89. The zero-order valence-electron chi connectivity index (χ0n) is 17.5. The van der Waals surface area contributed by atoms with E-state index < -0.39 is 0 Å². The van der Waals surface area contributed by atoms with Crippen molar-refractivity contribution < 1.29 is 23.4 Å². The number of nitrogens with zero attached hydrogens (tertiary/aromatic N) is 3. The quantitative estimate of drug-likeness (QED) is 0.529. The molecule has 8 nitrogen and oxygen atoms in total. The lowest BCUT2D eigenvalue weighted by atomic mass is 10.2. The first kappa shape index (κ1) is 21.2. The Morgan fingerprint density at radius 2 is 1.77 bits per heavy atom. The Kier molecular flexibility index (Phi) is 6.90. The van der Waals surface area contributed by atoms with Gasteiger partial charge in [0.1, 0.15) is 5.75 Å². The second-order valence-electron chi connectivity index (χ2n) is 6.60. The summed E-state index contributed by atoms with van der Waals surface area (Å²) in [7, 11) is 4.81. The van der Waals surface area contributed by atoms with Crippen molar-refractivity contribution in [2.75, 3.05) is 27.9 Å². The van der Waals surface area contributed by atoms with Gasteiger partial charge in [-0.05, 0) is 48.9 Å². The largest absolute Gasteiger partial charge is 0.494 e. The topological polar surface area (TPSA) is 86.9 Å². The second-order valence-corrected chi connectivity index (χ2v) is 6.60. The maximum atomic E-state index is 12.7. The van der Waals surface area contributed by atoms with Crippen LogP contribution >= 0.6 is 0 Å². The van der Waals surface area contributed by atoms with Crippen molar-refractivity contribution in [3.8, 4) is 28.7 Å². The number of carbonyl (C=O) groups is 1. The van der Waals surface area contributed by atoms with E-state index in [1.807, 2.05) is 6.92 Å². The van der Waals surface area contributed by atoms with Crippen LogP contribution in [0, 0.1) is 0 Å². The fourth-order valence-corrected chi connectivity index (χ4v) is 2.81. The molecule has 1 amide bonds. The molecule has 0 aliphatic heterocycles. The maximum Gasteiger partial charge on any atom is 0.254 e. The number of ether oxygens (including phenoxy) is 3. The normalized spacial score (nSPS) is 10.5. The summed E-state index contributed by atoms with van der Waals surface area (Å²) in [6.45, 7) is 2.88. The van der Waals surface area contributed by atoms with Gasteiger partial charge in [-0.25, -0.2) is 0 Å². The Morgan fingerprint density at radius 1 is 1.03 bits per heavy atom. The summed E-state index contributed by atoms with van der Waals surface area (Å²) >= 11 is 0. The number of methoxy groups -OCH3 is 2. The number of rotatable bonds is 9. The van der Waals surface area contributed by atoms with Crippen LogP contribution in [0.15, 0.2) is 46.9 Å². The van der Waals surface area contributed by atoms with Crippen molar-refractivity contribution in [2.45, 2.75) is 19.9 Å². The van der Waals surface area contributed by atoms with Gasteiger partial charge in [0.15, 0.2) is 11.5 Å². The van der Waals surface area contributed by atoms with Gasteiger partial charge in [0, 0.05) is 18.2 Å². The minimum Gasteiger partial charge on any atom is -0.494 e. The van der Waals surface area contributed by atoms with Gasteiger partial charge in [0.2, 0.25) is 11.8 Å². The molecule has 0 saturated carbocycles. The zero-order valence-corrected chi connectivity index (χ0v) is 17.5. The van der Waals surface area contributed by atoms with Crippen molar-refractivity contribution >= 4 is 5.91 Å². The van der Waals surface area contributed by atoms with Gasteiger partial charge in [0.25, 0.3) is 5.91 Å². The molecule has 0 unspecified atom stereocenters. The average molecular weight is 411 g/mol. The van der Waals surface area contributed by atoms with E-state index in [-0.39, 0.29) is 12.5 Å². The highest BCUT2D eigenvalue weighted by molar-refractivity contribution is 5.94. The van der Waals surface area contributed by atoms with Crippen molar-refractivity contribution in [2.24, 2.45) is 0 Å². The van der Waals surface area contributed by atoms with Crippen molar-refractivity contribution in [1.29, 1.82) is 0 Å². The SMILES string of the molecule is CCCOc1ccc(C(=O)N(C)Cc2nnc(-c3ccc(OC)c(OC)c3)o2)cc1. The number of hydrogen-bond donors (Lipinski definition) is 0. The molecule has 8 heteroatoms. The van der Waals surface area contributed by atoms with Crippen molar-refractivity contribution in [3.63, 3.8) is 0 Å². The monoisotopic (exact) mass is 411 g/mol. The molecule has 1 heterocycles. The molecular weight excluding hydrogens is 386 g/mol. The fraction of sp³-hybridized carbons (Fsp3) is 0.318. The molecule has 0 N–H and O–H groups in total. The minimum atomic E-state index is -0.150. The van der Waals surface area contributed by atoms with E-state index in [2.05, 4.69) is 10.2 Å². The van der Waals surface area contributed by atoms with Crippen LogP contribution in [0.1, 0.15) is 29.6 Å². The molecule has 0 atom stereocenters. The average Bonchev–Trinajstić information content (AvgIpc) is 3.25. The van der Waals surface area contributed by atoms with E-state index in [1.165, 1.54) is 4.90 Å². The van der Waals surface area contributed by atoms with E-state index >= 15 is 0 Å². The molecule has 0 saturated heterocycles. The van der Waals surface area contributed by atoms with E-state index in [0.29, 0.717) is 41.0 Å². The maximum absolute atomic E-state index is 12.7. The Hall–Kier alpha value is -3.55. The summed E-state index contributed by atoms with van der Waals surface area (Å²) in [6, 6.07) is 12.4. The third-order valence-electron chi connectivity index (χ3n) is 4.39. The molecular formula is C22H25N3O5. The lowest BCUT2D eigenvalue weighted by Gasteiger charge is -2.15. The van der Waals surface area contributed by atoms with E-state index in [9.17, 15) is 4.79 Å². The van der Waals surface area contributed by atoms with Crippen LogP contribution in [-0.2, 0) is 6.54 Å². The fourth-order valence-electron chi connectivity index (χ4n) is 2.81. The van der Waals surface area contributed by atoms with Crippen LogP contribution in [0.25, 0.3) is 11.5 Å². The molecule has 3 aromatic rings. The first-order valence-corrected chi connectivity index (χ1v) is 9.58. The smallest absolute Gasteiger partial charge is 0.254 e. The molecule has 0 fully saturated rings. The van der Waals surface area contributed by atoms with Gasteiger partial charge in [0.05, 0.1) is 27.4 Å². The molecule has 0 radical (unpaired) electrons. The third-order valence-corrected chi connectivity index (χ3v) is 4.39. The van der Waals surface area contributed by atoms with Gasteiger partial charge in [-0.1, -0.05) is 6.92 Å².